The topological polar surface area (TPSA) is 60.2 Å². The van der Waals surface area contributed by atoms with Gasteiger partial charge in [0.15, 0.2) is 0 Å². The van der Waals surface area contributed by atoms with E-state index >= 15 is 0 Å². The number of ether oxygens (including phenoxy) is 1. The summed E-state index contributed by atoms with van der Waals surface area (Å²) in [6.07, 6.45) is 3.79. The predicted octanol–water partition coefficient (Wildman–Crippen LogP) is 0.853. The van der Waals surface area contributed by atoms with E-state index in [2.05, 4.69) is 16.9 Å². The van der Waals surface area contributed by atoms with Gasteiger partial charge in [-0.15, -0.1) is 11.7 Å². The molecule has 108 valence electrons. The first-order valence-electron chi connectivity index (χ1n) is 7.06. The number of nitrogens with zero attached hydrogens (tertiary/aromatic N) is 4. The lowest BCUT2D eigenvalue weighted by atomic mass is 9.98. The highest BCUT2D eigenvalue weighted by Gasteiger charge is 2.38. The summed E-state index contributed by atoms with van der Waals surface area (Å²) in [5.41, 5.74) is 1.99. The van der Waals surface area contributed by atoms with Crippen LogP contribution in [0, 0.1) is 5.92 Å². The second-order valence-electron chi connectivity index (χ2n) is 5.56. The molecule has 2 heterocycles. The van der Waals surface area contributed by atoms with Gasteiger partial charge in [-0.05, 0) is 12.8 Å². The van der Waals surface area contributed by atoms with Crippen LogP contribution < -0.4 is 0 Å². The quantitative estimate of drug-likeness (QED) is 0.591. The van der Waals surface area contributed by atoms with Gasteiger partial charge in [-0.2, -0.15) is 0 Å². The number of rotatable bonds is 5. The fourth-order valence-corrected chi connectivity index (χ4v) is 2.80. The summed E-state index contributed by atoms with van der Waals surface area (Å²) in [5, 5.41) is 8.27. The number of aryl methyl sites for hydroxylation is 1. The first kappa shape index (κ1) is 13.3. The molecule has 3 rings (SSSR count). The van der Waals surface area contributed by atoms with E-state index in [1.165, 1.54) is 0 Å². The molecule has 1 fully saturated rings. The summed E-state index contributed by atoms with van der Waals surface area (Å²) in [5.74, 6) is 0.638. The van der Waals surface area contributed by atoms with Crippen molar-refractivity contribution >= 4 is 5.91 Å². The fourth-order valence-electron chi connectivity index (χ4n) is 2.80. The van der Waals surface area contributed by atoms with Gasteiger partial charge in [0, 0.05) is 25.4 Å². The maximum absolute atomic E-state index is 12.3. The van der Waals surface area contributed by atoms with Gasteiger partial charge in [0.1, 0.15) is 5.69 Å². The number of aromatic nitrogens is 3. The third-order valence-electron chi connectivity index (χ3n) is 3.91. The van der Waals surface area contributed by atoms with Crippen molar-refractivity contribution in [2.24, 2.45) is 13.0 Å². The first-order chi connectivity index (χ1) is 9.70. The number of carbonyl (C=O) groups excluding carboxylic acids is 1. The summed E-state index contributed by atoms with van der Waals surface area (Å²) in [6.45, 7) is 6.01. The molecule has 0 aromatic carbocycles. The van der Waals surface area contributed by atoms with Crippen LogP contribution in [0.25, 0.3) is 0 Å². The van der Waals surface area contributed by atoms with Gasteiger partial charge >= 0.3 is 0 Å². The Bertz CT molecular complexity index is 521. The van der Waals surface area contributed by atoms with E-state index in [0.717, 1.165) is 24.2 Å². The number of hydrogen-bond acceptors (Lipinski definition) is 4. The predicted molar refractivity (Wildman–Crippen MR) is 72.9 cm³/mol. The highest BCUT2D eigenvalue weighted by molar-refractivity contribution is 5.81. The molecular weight excluding hydrogens is 256 g/mol. The zero-order valence-electron chi connectivity index (χ0n) is 11.8. The van der Waals surface area contributed by atoms with Gasteiger partial charge in [-0.25, -0.2) is 0 Å². The Kier molecular flexibility index (Phi) is 3.56. The molecule has 0 spiro atoms. The highest BCUT2D eigenvalue weighted by Crippen LogP contribution is 2.34. The van der Waals surface area contributed by atoms with E-state index in [-0.39, 0.29) is 17.7 Å². The molecule has 0 bridgehead atoms. The molecule has 1 aromatic rings. The molecule has 1 unspecified atom stereocenters. The van der Waals surface area contributed by atoms with E-state index < -0.39 is 0 Å². The number of fused-ring (bicyclic) bond motifs is 1. The lowest BCUT2D eigenvalue weighted by Gasteiger charge is -2.32. The molecule has 0 N–H and O–H groups in total. The summed E-state index contributed by atoms with van der Waals surface area (Å²) >= 11 is 0. The molecule has 6 nitrogen and oxygen atoms in total. The van der Waals surface area contributed by atoms with Gasteiger partial charge in [0.2, 0.25) is 5.91 Å². The van der Waals surface area contributed by atoms with Crippen LogP contribution in [-0.2, 0) is 23.1 Å². The fraction of sp³-hybridized carbons (Fsp3) is 0.643. The van der Waals surface area contributed by atoms with Crippen molar-refractivity contribution in [1.82, 2.24) is 19.9 Å². The van der Waals surface area contributed by atoms with E-state index in [0.29, 0.717) is 26.3 Å². The average Bonchev–Trinajstić information content (AvgIpc) is 3.23. The minimum atomic E-state index is 0.140. The smallest absolute Gasteiger partial charge is 0.226 e. The second-order valence-corrected chi connectivity index (χ2v) is 5.56. The van der Waals surface area contributed by atoms with Crippen molar-refractivity contribution in [2.45, 2.75) is 25.3 Å². The van der Waals surface area contributed by atoms with Crippen molar-refractivity contribution < 1.29 is 9.53 Å². The molecular formula is C14H20N4O2. The van der Waals surface area contributed by atoms with Crippen molar-refractivity contribution in [2.75, 3.05) is 19.8 Å². The molecule has 1 atom stereocenters. The van der Waals surface area contributed by atoms with Crippen LogP contribution in [0.5, 0.6) is 0 Å². The highest BCUT2D eigenvalue weighted by atomic mass is 16.5. The summed E-state index contributed by atoms with van der Waals surface area (Å²) in [6, 6.07) is 0. The summed E-state index contributed by atoms with van der Waals surface area (Å²) in [4.78, 5) is 14.2. The van der Waals surface area contributed by atoms with Crippen molar-refractivity contribution in [1.29, 1.82) is 0 Å². The maximum atomic E-state index is 12.3. The Balaban J connectivity index is 1.77. The number of hydrogen-bond donors (Lipinski definition) is 0. The minimum Gasteiger partial charge on any atom is -0.377 e. The summed E-state index contributed by atoms with van der Waals surface area (Å²) in [7, 11) is 1.89. The lowest BCUT2D eigenvalue weighted by molar-refractivity contribution is -0.134. The Morgan fingerprint density at radius 1 is 1.55 bits per heavy atom. The van der Waals surface area contributed by atoms with Gasteiger partial charge in [0.05, 0.1) is 25.5 Å². The molecule has 20 heavy (non-hydrogen) atoms. The Labute approximate surface area is 118 Å². The Hall–Kier alpha value is -1.69. The van der Waals surface area contributed by atoms with Crippen LogP contribution in [0.4, 0.5) is 0 Å². The van der Waals surface area contributed by atoms with Gasteiger partial charge in [-0.1, -0.05) is 11.3 Å². The molecule has 1 aliphatic heterocycles. The number of amides is 1. The van der Waals surface area contributed by atoms with Gasteiger partial charge in [0.25, 0.3) is 0 Å². The van der Waals surface area contributed by atoms with Crippen LogP contribution in [-0.4, -0.2) is 45.6 Å². The molecule has 1 aliphatic carbocycles. The van der Waals surface area contributed by atoms with Crippen LogP contribution in [0.2, 0.25) is 0 Å². The lowest BCUT2D eigenvalue weighted by Crippen LogP contribution is -2.41. The van der Waals surface area contributed by atoms with Crippen LogP contribution in [0.15, 0.2) is 12.7 Å². The molecule has 1 amide bonds. The average molecular weight is 276 g/mol. The van der Waals surface area contributed by atoms with Crippen molar-refractivity contribution in [3.63, 3.8) is 0 Å². The molecule has 0 radical (unpaired) electrons. The molecule has 1 aromatic heterocycles. The van der Waals surface area contributed by atoms with E-state index in [1.54, 1.807) is 10.8 Å². The normalized spacial score (nSPS) is 21.6. The van der Waals surface area contributed by atoms with Crippen molar-refractivity contribution in [3.05, 3.63) is 24.0 Å². The third-order valence-corrected chi connectivity index (χ3v) is 3.91. The molecule has 6 heteroatoms. The SMILES string of the molecule is C=CCOCC1CN(C(=O)C2CC2)Cc2nnn(C)c21. The first-order valence-corrected chi connectivity index (χ1v) is 7.06. The Morgan fingerprint density at radius 3 is 3.05 bits per heavy atom. The van der Waals surface area contributed by atoms with Crippen LogP contribution in [0.3, 0.4) is 0 Å². The van der Waals surface area contributed by atoms with E-state index in [4.69, 9.17) is 4.74 Å². The van der Waals surface area contributed by atoms with Crippen LogP contribution >= 0.6 is 0 Å². The van der Waals surface area contributed by atoms with Gasteiger partial charge < -0.3 is 9.64 Å². The molecule has 2 aliphatic rings. The maximum Gasteiger partial charge on any atom is 0.226 e. The molecule has 0 saturated heterocycles. The molecule has 1 saturated carbocycles. The van der Waals surface area contributed by atoms with Crippen LogP contribution in [0.1, 0.15) is 30.1 Å². The monoisotopic (exact) mass is 276 g/mol. The summed E-state index contributed by atoms with van der Waals surface area (Å²) < 4.78 is 7.38. The van der Waals surface area contributed by atoms with Crippen molar-refractivity contribution in [3.8, 4) is 0 Å². The zero-order valence-corrected chi connectivity index (χ0v) is 11.8. The second kappa shape index (κ2) is 5.36. The van der Waals surface area contributed by atoms with Gasteiger partial charge in [-0.3, -0.25) is 9.48 Å². The zero-order chi connectivity index (χ0) is 14.1. The van der Waals surface area contributed by atoms with E-state index in [9.17, 15) is 4.79 Å². The van der Waals surface area contributed by atoms with E-state index in [1.807, 2.05) is 11.9 Å². The standard InChI is InChI=1S/C14H20N4O2/c1-3-6-20-9-11-7-18(14(19)10-4-5-10)8-12-13(11)17(2)16-15-12/h3,10-11H,1,4-9H2,2H3. The minimum absolute atomic E-state index is 0.140. The number of carbonyl (C=O) groups is 1. The third kappa shape index (κ3) is 2.47. The Morgan fingerprint density at radius 2 is 2.35 bits per heavy atom. The largest absolute Gasteiger partial charge is 0.377 e.